The van der Waals surface area contributed by atoms with Crippen LogP contribution in [0.1, 0.15) is 79.0 Å². The van der Waals surface area contributed by atoms with Gasteiger partial charge in [0.25, 0.3) is 5.91 Å². The number of piperidine rings is 1. The number of rotatable bonds is 6. The van der Waals surface area contributed by atoms with Crippen molar-refractivity contribution in [2.45, 2.75) is 89.3 Å². The molecule has 9 nitrogen and oxygen atoms in total. The quantitative estimate of drug-likeness (QED) is 0.432. The lowest BCUT2D eigenvalue weighted by molar-refractivity contribution is -0.136. The van der Waals surface area contributed by atoms with Gasteiger partial charge in [-0.2, -0.15) is 0 Å². The lowest BCUT2D eigenvalue weighted by atomic mass is 9.89. The van der Waals surface area contributed by atoms with Crippen LogP contribution in [0.5, 0.6) is 5.75 Å². The average Bonchev–Trinajstić information content (AvgIpc) is 3.55. The first-order chi connectivity index (χ1) is 20.8. The molecule has 43 heavy (non-hydrogen) atoms. The number of hydrogen-bond donors (Lipinski definition) is 1. The highest BCUT2D eigenvalue weighted by molar-refractivity contribution is 6.05. The molecule has 2 unspecified atom stereocenters. The lowest BCUT2D eigenvalue weighted by Gasteiger charge is -2.31. The summed E-state index contributed by atoms with van der Waals surface area (Å²) in [6.45, 7) is 7.28. The first kappa shape index (κ1) is 28.0. The summed E-state index contributed by atoms with van der Waals surface area (Å²) in [5.41, 5.74) is 4.93. The van der Waals surface area contributed by atoms with Crippen molar-refractivity contribution in [3.8, 4) is 5.75 Å². The molecular formula is C34H38N4O5. The fourth-order valence-corrected chi connectivity index (χ4v) is 7.27. The lowest BCUT2D eigenvalue weighted by Crippen LogP contribution is -2.52. The Morgan fingerprint density at radius 3 is 2.65 bits per heavy atom. The van der Waals surface area contributed by atoms with E-state index in [0.717, 1.165) is 55.7 Å². The minimum absolute atomic E-state index is 0.0651. The molecule has 3 aromatic rings. The minimum atomic E-state index is -0.613. The number of benzene rings is 2. The highest BCUT2D eigenvalue weighted by atomic mass is 16.5. The third kappa shape index (κ3) is 5.76. The monoisotopic (exact) mass is 582 g/mol. The second kappa shape index (κ2) is 11.4. The maximum absolute atomic E-state index is 13.0. The van der Waals surface area contributed by atoms with Crippen molar-refractivity contribution in [2.24, 2.45) is 0 Å². The molecule has 4 aliphatic heterocycles. The first-order valence-corrected chi connectivity index (χ1v) is 15.5. The van der Waals surface area contributed by atoms with Crippen LogP contribution in [0, 0.1) is 0 Å². The number of nitrogens with zero attached hydrogens (tertiary/aromatic N) is 3. The van der Waals surface area contributed by atoms with Crippen molar-refractivity contribution in [3.05, 3.63) is 70.9 Å². The van der Waals surface area contributed by atoms with Gasteiger partial charge in [0.05, 0.1) is 17.7 Å². The fraction of sp³-hybridized carbons (Fsp3) is 0.471. The molecule has 2 aromatic carbocycles. The molecule has 0 aliphatic carbocycles. The summed E-state index contributed by atoms with van der Waals surface area (Å²) in [5, 5.41) is 3.52. The van der Waals surface area contributed by atoms with Crippen LogP contribution in [0.4, 0.5) is 0 Å². The van der Waals surface area contributed by atoms with Gasteiger partial charge in [-0.3, -0.25) is 29.6 Å². The predicted octanol–water partition coefficient (Wildman–Crippen LogP) is 4.32. The van der Waals surface area contributed by atoms with Gasteiger partial charge < -0.3 is 14.4 Å². The topological polar surface area (TPSA) is 101 Å². The van der Waals surface area contributed by atoms with Crippen LogP contribution in [-0.2, 0) is 27.4 Å². The van der Waals surface area contributed by atoms with Crippen molar-refractivity contribution < 1.29 is 23.9 Å². The second-order valence-electron chi connectivity index (χ2n) is 12.7. The van der Waals surface area contributed by atoms with Gasteiger partial charge in [-0.25, -0.2) is 0 Å². The number of hydrogen-bond acceptors (Lipinski definition) is 7. The Hall–Kier alpha value is -3.82. The number of carbonyl (C=O) groups is 3. The summed E-state index contributed by atoms with van der Waals surface area (Å²) in [6.07, 6.45) is 4.17. The van der Waals surface area contributed by atoms with Crippen molar-refractivity contribution in [2.75, 3.05) is 13.1 Å². The molecule has 1 N–H and O–H groups in total. The standard InChI is InChI=1S/C34H38N4O5/c1-20-13-24(14-21(2)42-20)30-8-4-23-15-22(3-7-29(23)35-30)17-37-12-11-27(19-37)43-26-5-6-28-25(16-26)18-38(34(28)41)31-9-10-32(39)36-33(31)40/h3-8,15-16,20-21,24,27,31H,9-14,17-19H2,1-2H3,(H,36,39,40)/t20-,21+,24?,27-,31?/m0/s1. The molecule has 5 heterocycles. The maximum atomic E-state index is 13.0. The van der Waals surface area contributed by atoms with Gasteiger partial charge in [-0.1, -0.05) is 12.1 Å². The van der Waals surface area contributed by atoms with Crippen molar-refractivity contribution in [1.29, 1.82) is 0 Å². The third-order valence-electron chi connectivity index (χ3n) is 9.32. The van der Waals surface area contributed by atoms with E-state index in [9.17, 15) is 14.4 Å². The molecule has 0 saturated carbocycles. The molecular weight excluding hydrogens is 544 g/mol. The second-order valence-corrected chi connectivity index (χ2v) is 12.7. The van der Waals surface area contributed by atoms with E-state index in [4.69, 9.17) is 14.5 Å². The van der Waals surface area contributed by atoms with Crippen LogP contribution in [-0.4, -0.2) is 69.9 Å². The van der Waals surface area contributed by atoms with E-state index in [1.165, 1.54) is 16.6 Å². The summed E-state index contributed by atoms with van der Waals surface area (Å²) in [6, 6.07) is 15.9. The van der Waals surface area contributed by atoms with Gasteiger partial charge in [0, 0.05) is 55.2 Å². The van der Waals surface area contributed by atoms with Gasteiger partial charge in [-0.05, 0) is 87.1 Å². The smallest absolute Gasteiger partial charge is 0.255 e. The summed E-state index contributed by atoms with van der Waals surface area (Å²) in [7, 11) is 0. The van der Waals surface area contributed by atoms with E-state index >= 15 is 0 Å². The number of pyridine rings is 1. The van der Waals surface area contributed by atoms with E-state index in [1.54, 1.807) is 11.0 Å². The van der Waals surface area contributed by atoms with Crippen molar-refractivity contribution >= 4 is 28.6 Å². The Kier molecular flexibility index (Phi) is 7.39. The third-order valence-corrected chi connectivity index (χ3v) is 9.32. The normalized spacial score (nSPS) is 27.9. The molecule has 3 amide bonds. The summed E-state index contributed by atoms with van der Waals surface area (Å²) in [5.74, 6) is 0.335. The number of likely N-dealkylation sites (tertiary alicyclic amines) is 1. The van der Waals surface area contributed by atoms with Crippen LogP contribution >= 0.6 is 0 Å². The van der Waals surface area contributed by atoms with E-state index in [1.807, 2.05) is 12.1 Å². The largest absolute Gasteiger partial charge is 0.489 e. The number of aromatic nitrogens is 1. The zero-order valence-electron chi connectivity index (χ0n) is 24.8. The molecule has 7 rings (SSSR count). The Morgan fingerprint density at radius 1 is 1.00 bits per heavy atom. The molecule has 9 heteroatoms. The van der Waals surface area contributed by atoms with Gasteiger partial charge in [0.2, 0.25) is 11.8 Å². The molecule has 0 spiro atoms. The van der Waals surface area contributed by atoms with Gasteiger partial charge in [0.1, 0.15) is 17.9 Å². The Morgan fingerprint density at radius 2 is 1.84 bits per heavy atom. The fourth-order valence-electron chi connectivity index (χ4n) is 7.27. The van der Waals surface area contributed by atoms with E-state index in [0.29, 0.717) is 24.4 Å². The van der Waals surface area contributed by atoms with E-state index in [-0.39, 0.29) is 36.5 Å². The molecule has 3 saturated heterocycles. The average molecular weight is 583 g/mol. The van der Waals surface area contributed by atoms with Crippen molar-refractivity contribution in [1.82, 2.24) is 20.1 Å². The number of fused-ring (bicyclic) bond motifs is 2. The van der Waals surface area contributed by atoms with Crippen LogP contribution in [0.2, 0.25) is 0 Å². The predicted molar refractivity (Wildman–Crippen MR) is 161 cm³/mol. The molecule has 1 aromatic heterocycles. The van der Waals surface area contributed by atoms with Crippen LogP contribution in [0.25, 0.3) is 10.9 Å². The van der Waals surface area contributed by atoms with Gasteiger partial charge in [0.15, 0.2) is 0 Å². The summed E-state index contributed by atoms with van der Waals surface area (Å²) in [4.78, 5) is 45.9. The van der Waals surface area contributed by atoms with E-state index in [2.05, 4.69) is 54.4 Å². The zero-order chi connectivity index (χ0) is 29.7. The molecule has 0 radical (unpaired) electrons. The van der Waals surface area contributed by atoms with Crippen LogP contribution < -0.4 is 10.1 Å². The number of imide groups is 1. The first-order valence-electron chi connectivity index (χ1n) is 15.5. The highest BCUT2D eigenvalue weighted by Crippen LogP contribution is 2.34. The summed E-state index contributed by atoms with van der Waals surface area (Å²) < 4.78 is 12.3. The van der Waals surface area contributed by atoms with Crippen LogP contribution in [0.3, 0.4) is 0 Å². The molecule has 0 bridgehead atoms. The van der Waals surface area contributed by atoms with Gasteiger partial charge in [-0.15, -0.1) is 0 Å². The number of amides is 3. The van der Waals surface area contributed by atoms with Crippen molar-refractivity contribution in [3.63, 3.8) is 0 Å². The highest BCUT2D eigenvalue weighted by Gasteiger charge is 2.39. The molecule has 3 fully saturated rings. The van der Waals surface area contributed by atoms with Crippen LogP contribution in [0.15, 0.2) is 48.5 Å². The van der Waals surface area contributed by atoms with E-state index < -0.39 is 11.9 Å². The molecule has 224 valence electrons. The number of ether oxygens (including phenoxy) is 2. The summed E-state index contributed by atoms with van der Waals surface area (Å²) >= 11 is 0. The SMILES string of the molecule is C[C@@H]1CC(c2ccc3cc(CN4CC[C@H](Oc5ccc6c(c5)CN(C5CCC(=O)NC5=O)C6=O)C4)ccc3n2)C[C@H](C)O1. The Balaban J connectivity index is 0.957. The number of carbonyl (C=O) groups excluding carboxylic acids is 3. The Labute approximate surface area is 251 Å². The minimum Gasteiger partial charge on any atom is -0.489 e. The molecule has 4 aliphatic rings. The maximum Gasteiger partial charge on any atom is 0.255 e. The Bertz CT molecular complexity index is 1580. The van der Waals surface area contributed by atoms with Gasteiger partial charge >= 0.3 is 0 Å². The zero-order valence-corrected chi connectivity index (χ0v) is 24.8. The molecule has 5 atom stereocenters. The number of nitrogens with one attached hydrogen (secondary N) is 1.